The van der Waals surface area contributed by atoms with E-state index < -0.39 is 16.3 Å². The van der Waals surface area contributed by atoms with Gasteiger partial charge in [0.05, 0.1) is 18.0 Å². The fourth-order valence-electron chi connectivity index (χ4n) is 1.71. The highest BCUT2D eigenvalue weighted by molar-refractivity contribution is 9.10. The van der Waals surface area contributed by atoms with Gasteiger partial charge in [-0.3, -0.25) is 0 Å². The van der Waals surface area contributed by atoms with Crippen LogP contribution in [0.15, 0.2) is 33.6 Å². The van der Waals surface area contributed by atoms with Crippen LogP contribution in [0.25, 0.3) is 0 Å². The quantitative estimate of drug-likeness (QED) is 0.838. The molecule has 0 unspecified atom stereocenters. The number of rotatable bonds is 3. The second-order valence-corrected chi connectivity index (χ2v) is 6.71. The Morgan fingerprint density at radius 3 is 2.67 bits per heavy atom. The molecule has 0 N–H and O–H groups in total. The van der Waals surface area contributed by atoms with Crippen LogP contribution in [0.1, 0.15) is 0 Å². The van der Waals surface area contributed by atoms with Gasteiger partial charge in [0.1, 0.15) is 0 Å². The molecule has 5 nitrogen and oxygen atoms in total. The molecule has 1 aliphatic heterocycles. The van der Waals surface area contributed by atoms with E-state index in [4.69, 9.17) is 9.47 Å². The lowest BCUT2D eigenvalue weighted by Crippen LogP contribution is -2.46. The topological polar surface area (TPSA) is 55.8 Å². The zero-order chi connectivity index (χ0) is 13.2. The maximum absolute atomic E-state index is 12.4. The fourth-order valence-corrected chi connectivity index (χ4v) is 3.39. The van der Waals surface area contributed by atoms with Gasteiger partial charge in [0.25, 0.3) is 0 Å². The average molecular weight is 336 g/mol. The Morgan fingerprint density at radius 2 is 2.06 bits per heavy atom. The van der Waals surface area contributed by atoms with Gasteiger partial charge in [0.2, 0.25) is 10.0 Å². The molecule has 0 amide bonds. The Morgan fingerprint density at radius 1 is 1.39 bits per heavy atom. The molecule has 100 valence electrons. The summed E-state index contributed by atoms with van der Waals surface area (Å²) in [5.41, 5.74) is 0. The molecule has 0 spiro atoms. The molecule has 1 aromatic carbocycles. The second-order valence-electron chi connectivity index (χ2n) is 3.85. The van der Waals surface area contributed by atoms with Crippen LogP contribution in [-0.4, -0.2) is 45.8 Å². The molecule has 0 aromatic heterocycles. The Kier molecular flexibility index (Phi) is 4.39. The van der Waals surface area contributed by atoms with Crippen LogP contribution in [0, 0.1) is 0 Å². The van der Waals surface area contributed by atoms with E-state index in [0.717, 1.165) is 4.47 Å². The molecular weight excluding hydrogens is 322 g/mol. The molecule has 1 heterocycles. The van der Waals surface area contributed by atoms with Crippen LogP contribution >= 0.6 is 15.9 Å². The van der Waals surface area contributed by atoms with Gasteiger partial charge in [0.15, 0.2) is 6.29 Å². The van der Waals surface area contributed by atoms with Crippen molar-refractivity contribution in [1.29, 1.82) is 0 Å². The maximum Gasteiger partial charge on any atom is 0.243 e. The van der Waals surface area contributed by atoms with Gasteiger partial charge in [-0.1, -0.05) is 15.9 Å². The zero-order valence-corrected chi connectivity index (χ0v) is 12.3. The van der Waals surface area contributed by atoms with E-state index in [0.29, 0.717) is 13.2 Å². The van der Waals surface area contributed by atoms with Crippen molar-refractivity contribution in [3.8, 4) is 0 Å². The number of nitrogens with zero attached hydrogens (tertiary/aromatic N) is 1. The van der Waals surface area contributed by atoms with Crippen LogP contribution in [0.2, 0.25) is 0 Å². The molecule has 1 fully saturated rings. The molecule has 7 heteroatoms. The monoisotopic (exact) mass is 335 g/mol. The molecular formula is C11H14BrNO4S. The maximum atomic E-state index is 12.4. The Bertz CT molecular complexity index is 502. The predicted molar refractivity (Wildman–Crippen MR) is 69.6 cm³/mol. The van der Waals surface area contributed by atoms with E-state index >= 15 is 0 Å². The van der Waals surface area contributed by atoms with E-state index in [9.17, 15) is 8.42 Å². The predicted octanol–water partition coefficient (Wildman–Crippen LogP) is 1.44. The molecule has 0 bridgehead atoms. The summed E-state index contributed by atoms with van der Waals surface area (Å²) in [6.07, 6.45) is -0.496. The Hall–Kier alpha value is -0.470. The number of benzene rings is 1. The lowest BCUT2D eigenvalue weighted by molar-refractivity contribution is -0.151. The van der Waals surface area contributed by atoms with Crippen molar-refractivity contribution in [3.05, 3.63) is 28.7 Å². The third-order valence-electron chi connectivity index (χ3n) is 2.71. The lowest BCUT2D eigenvalue weighted by atomic mass is 10.4. The van der Waals surface area contributed by atoms with Gasteiger partial charge < -0.3 is 9.47 Å². The van der Waals surface area contributed by atoms with Crippen molar-refractivity contribution in [1.82, 2.24) is 4.31 Å². The number of morpholine rings is 1. The number of methoxy groups -OCH3 is 1. The van der Waals surface area contributed by atoms with Crippen molar-refractivity contribution < 1.29 is 17.9 Å². The van der Waals surface area contributed by atoms with Gasteiger partial charge in [-0.2, -0.15) is 4.31 Å². The molecule has 0 radical (unpaired) electrons. The first-order chi connectivity index (χ1) is 8.54. The van der Waals surface area contributed by atoms with E-state index in [1.807, 2.05) is 0 Å². The van der Waals surface area contributed by atoms with Crippen molar-refractivity contribution in [3.63, 3.8) is 0 Å². The summed E-state index contributed by atoms with van der Waals surface area (Å²) in [6, 6.07) is 6.58. The third-order valence-corrected chi connectivity index (χ3v) is 5.12. The van der Waals surface area contributed by atoms with Crippen molar-refractivity contribution in [2.75, 3.05) is 26.8 Å². The fraction of sp³-hybridized carbons (Fsp3) is 0.455. The largest absolute Gasteiger partial charge is 0.354 e. The first kappa shape index (κ1) is 14.0. The molecule has 1 aliphatic rings. The zero-order valence-electron chi connectivity index (χ0n) is 9.87. The summed E-state index contributed by atoms with van der Waals surface area (Å²) in [6.45, 7) is 0.904. The third kappa shape index (κ3) is 2.92. The highest BCUT2D eigenvalue weighted by Gasteiger charge is 2.30. The second kappa shape index (κ2) is 5.66. The summed E-state index contributed by atoms with van der Waals surface area (Å²) >= 11 is 3.28. The van der Waals surface area contributed by atoms with E-state index in [2.05, 4.69) is 15.9 Å². The van der Waals surface area contributed by atoms with Crippen LogP contribution in [0.3, 0.4) is 0 Å². The highest BCUT2D eigenvalue weighted by atomic mass is 79.9. The van der Waals surface area contributed by atoms with E-state index in [-0.39, 0.29) is 11.4 Å². The molecule has 1 aromatic rings. The summed E-state index contributed by atoms with van der Waals surface area (Å²) in [5, 5.41) is 0. The standard InChI is InChI=1S/C11H14BrNO4S/c1-16-11-8-13(6-7-17-11)18(14,15)10-4-2-9(12)3-5-10/h2-5,11H,6-8H2,1H3/t11-/m1/s1. The number of sulfonamides is 1. The van der Waals surface area contributed by atoms with Gasteiger partial charge >= 0.3 is 0 Å². The van der Waals surface area contributed by atoms with Gasteiger partial charge in [-0.25, -0.2) is 8.42 Å². The van der Waals surface area contributed by atoms with Gasteiger partial charge in [0, 0.05) is 18.1 Å². The van der Waals surface area contributed by atoms with Gasteiger partial charge in [-0.15, -0.1) is 0 Å². The van der Waals surface area contributed by atoms with Crippen LogP contribution in [0.5, 0.6) is 0 Å². The molecule has 1 atom stereocenters. The number of halogens is 1. The molecule has 0 saturated carbocycles. The summed E-state index contributed by atoms with van der Waals surface area (Å²) in [7, 11) is -1.97. The minimum absolute atomic E-state index is 0.217. The molecule has 0 aliphatic carbocycles. The molecule has 1 saturated heterocycles. The van der Waals surface area contributed by atoms with E-state index in [1.54, 1.807) is 24.3 Å². The summed E-state index contributed by atoms with van der Waals surface area (Å²) in [4.78, 5) is 0.280. The molecule has 2 rings (SSSR count). The van der Waals surface area contributed by atoms with E-state index in [1.165, 1.54) is 11.4 Å². The average Bonchev–Trinajstić information content (AvgIpc) is 2.39. The SMILES string of the molecule is CO[C@H]1CN(S(=O)(=O)c2ccc(Br)cc2)CCO1. The molecule has 18 heavy (non-hydrogen) atoms. The highest BCUT2D eigenvalue weighted by Crippen LogP contribution is 2.20. The smallest absolute Gasteiger partial charge is 0.243 e. The van der Waals surface area contributed by atoms with Crippen molar-refractivity contribution in [2.24, 2.45) is 0 Å². The van der Waals surface area contributed by atoms with Crippen molar-refractivity contribution in [2.45, 2.75) is 11.2 Å². The van der Waals surface area contributed by atoms with Crippen LogP contribution < -0.4 is 0 Å². The Balaban J connectivity index is 2.22. The minimum Gasteiger partial charge on any atom is -0.354 e. The number of hydrogen-bond donors (Lipinski definition) is 0. The minimum atomic E-state index is -3.47. The first-order valence-corrected chi connectivity index (χ1v) is 7.67. The summed E-state index contributed by atoms with van der Waals surface area (Å²) in [5.74, 6) is 0. The number of hydrogen-bond acceptors (Lipinski definition) is 4. The van der Waals surface area contributed by atoms with Crippen LogP contribution in [0.4, 0.5) is 0 Å². The van der Waals surface area contributed by atoms with Gasteiger partial charge in [-0.05, 0) is 24.3 Å². The Labute approximate surface area is 115 Å². The summed E-state index contributed by atoms with van der Waals surface area (Å²) < 4.78 is 37.3. The van der Waals surface area contributed by atoms with Crippen LogP contribution in [-0.2, 0) is 19.5 Å². The normalized spacial score (nSPS) is 22.0. The van der Waals surface area contributed by atoms with Crippen molar-refractivity contribution >= 4 is 26.0 Å². The number of ether oxygens (including phenoxy) is 2. The first-order valence-electron chi connectivity index (χ1n) is 5.44. The lowest BCUT2D eigenvalue weighted by Gasteiger charge is -2.31.